The minimum Gasteiger partial charge on any atom is -0.322 e. The molecule has 144 valence electrons. The van der Waals surface area contributed by atoms with E-state index in [2.05, 4.69) is 15.4 Å². The second-order valence-electron chi connectivity index (χ2n) is 7.03. The third-order valence-corrected chi connectivity index (χ3v) is 4.97. The Balaban J connectivity index is 1.48. The number of rotatable bonds is 5. The maximum absolute atomic E-state index is 12.8. The van der Waals surface area contributed by atoms with Crippen LogP contribution in [0.15, 0.2) is 79.3 Å². The van der Waals surface area contributed by atoms with E-state index in [0.29, 0.717) is 5.56 Å². The Morgan fingerprint density at radius 2 is 1.62 bits per heavy atom. The number of carbonyl (C=O) groups is 1. The lowest BCUT2D eigenvalue weighted by Gasteiger charge is -2.09. The molecule has 0 atom stereocenters. The maximum Gasteiger partial charge on any atom is 0.259 e. The lowest BCUT2D eigenvalue weighted by molar-refractivity contribution is 0.102. The monoisotopic (exact) mass is 382 g/mol. The van der Waals surface area contributed by atoms with Crippen LogP contribution in [0.2, 0.25) is 0 Å². The molecule has 5 heteroatoms. The summed E-state index contributed by atoms with van der Waals surface area (Å²) in [5.41, 5.74) is 6.60. The quantitative estimate of drug-likeness (QED) is 0.543. The Morgan fingerprint density at radius 3 is 2.34 bits per heavy atom. The van der Waals surface area contributed by atoms with Gasteiger partial charge in [-0.1, -0.05) is 30.3 Å². The second-order valence-corrected chi connectivity index (χ2v) is 7.03. The largest absolute Gasteiger partial charge is 0.322 e. The first-order valence-electron chi connectivity index (χ1n) is 9.51. The molecule has 0 fully saturated rings. The Labute approximate surface area is 170 Å². The van der Waals surface area contributed by atoms with E-state index >= 15 is 0 Å². The summed E-state index contributed by atoms with van der Waals surface area (Å²) in [6.07, 6.45) is 6.04. The van der Waals surface area contributed by atoms with Crippen LogP contribution in [0.3, 0.4) is 0 Å². The molecule has 0 bridgehead atoms. The summed E-state index contributed by atoms with van der Waals surface area (Å²) in [5.74, 6) is -0.163. The van der Waals surface area contributed by atoms with E-state index in [1.54, 1.807) is 18.6 Å². The van der Waals surface area contributed by atoms with Crippen molar-refractivity contribution in [1.29, 1.82) is 0 Å². The van der Waals surface area contributed by atoms with Gasteiger partial charge in [-0.05, 0) is 67.3 Å². The van der Waals surface area contributed by atoms with Gasteiger partial charge in [-0.15, -0.1) is 0 Å². The topological polar surface area (TPSA) is 59.8 Å². The van der Waals surface area contributed by atoms with Gasteiger partial charge in [0.15, 0.2) is 0 Å². The minimum absolute atomic E-state index is 0.163. The number of benzene rings is 2. The van der Waals surface area contributed by atoms with E-state index in [-0.39, 0.29) is 5.91 Å². The highest BCUT2D eigenvalue weighted by Gasteiger charge is 2.16. The molecule has 29 heavy (non-hydrogen) atoms. The highest BCUT2D eigenvalue weighted by molar-refractivity contribution is 6.05. The Hall–Kier alpha value is -3.73. The van der Waals surface area contributed by atoms with Crippen molar-refractivity contribution in [3.63, 3.8) is 0 Å². The molecule has 0 saturated heterocycles. The van der Waals surface area contributed by atoms with Crippen LogP contribution in [0.5, 0.6) is 0 Å². The zero-order chi connectivity index (χ0) is 20.2. The van der Waals surface area contributed by atoms with E-state index in [9.17, 15) is 4.79 Å². The van der Waals surface area contributed by atoms with Crippen LogP contribution in [0.1, 0.15) is 32.7 Å². The van der Waals surface area contributed by atoms with Gasteiger partial charge in [0, 0.05) is 18.1 Å². The lowest BCUT2D eigenvalue weighted by atomic mass is 10.1. The summed E-state index contributed by atoms with van der Waals surface area (Å²) in [4.78, 5) is 16.8. The van der Waals surface area contributed by atoms with Gasteiger partial charge in [0.05, 0.1) is 23.1 Å². The zero-order valence-electron chi connectivity index (χ0n) is 16.5. The summed E-state index contributed by atoms with van der Waals surface area (Å²) in [7, 11) is 0. The fourth-order valence-electron chi connectivity index (χ4n) is 3.32. The first-order valence-corrected chi connectivity index (χ1v) is 9.51. The molecule has 1 N–H and O–H groups in total. The maximum atomic E-state index is 12.8. The number of hydrogen-bond donors (Lipinski definition) is 1. The Morgan fingerprint density at radius 1 is 0.931 bits per heavy atom. The van der Waals surface area contributed by atoms with Gasteiger partial charge in [0.1, 0.15) is 0 Å². The van der Waals surface area contributed by atoms with E-state index in [1.807, 2.05) is 79.2 Å². The van der Waals surface area contributed by atoms with Gasteiger partial charge in [-0.25, -0.2) is 4.68 Å². The predicted octanol–water partition coefficient (Wildman–Crippen LogP) is 4.73. The van der Waals surface area contributed by atoms with Crippen molar-refractivity contribution in [2.45, 2.75) is 20.3 Å². The molecule has 0 aliphatic heterocycles. The third kappa shape index (κ3) is 4.09. The van der Waals surface area contributed by atoms with Crippen LogP contribution in [-0.4, -0.2) is 20.7 Å². The van der Waals surface area contributed by atoms with E-state index < -0.39 is 0 Å². The van der Waals surface area contributed by atoms with E-state index in [0.717, 1.165) is 29.1 Å². The molecule has 4 rings (SSSR count). The van der Waals surface area contributed by atoms with Crippen molar-refractivity contribution in [1.82, 2.24) is 14.8 Å². The minimum atomic E-state index is -0.163. The molecule has 2 aromatic heterocycles. The van der Waals surface area contributed by atoms with Crippen molar-refractivity contribution in [3.05, 3.63) is 107 Å². The number of aromatic nitrogens is 3. The van der Waals surface area contributed by atoms with Crippen LogP contribution in [-0.2, 0) is 6.42 Å². The number of aryl methyl sites for hydroxylation is 1. The van der Waals surface area contributed by atoms with Gasteiger partial charge in [-0.2, -0.15) is 5.10 Å². The number of hydrogen-bond acceptors (Lipinski definition) is 3. The lowest BCUT2D eigenvalue weighted by Crippen LogP contribution is -2.13. The highest BCUT2D eigenvalue weighted by atomic mass is 16.1. The van der Waals surface area contributed by atoms with Crippen LogP contribution in [0, 0.1) is 13.8 Å². The molecule has 0 saturated carbocycles. The predicted molar refractivity (Wildman–Crippen MR) is 114 cm³/mol. The first kappa shape index (κ1) is 18.6. The highest BCUT2D eigenvalue weighted by Crippen LogP contribution is 2.19. The normalized spacial score (nSPS) is 10.7. The van der Waals surface area contributed by atoms with Crippen LogP contribution in [0.4, 0.5) is 5.69 Å². The molecule has 0 aliphatic rings. The van der Waals surface area contributed by atoms with Gasteiger partial charge < -0.3 is 5.32 Å². The van der Waals surface area contributed by atoms with Crippen molar-refractivity contribution < 1.29 is 4.79 Å². The smallest absolute Gasteiger partial charge is 0.259 e. The zero-order valence-corrected chi connectivity index (χ0v) is 16.5. The molecule has 2 aromatic carbocycles. The van der Waals surface area contributed by atoms with Gasteiger partial charge in [0.2, 0.25) is 0 Å². The average Bonchev–Trinajstić information content (AvgIpc) is 3.12. The van der Waals surface area contributed by atoms with E-state index in [1.165, 1.54) is 11.1 Å². The number of para-hydroxylation sites is 1. The number of amides is 1. The van der Waals surface area contributed by atoms with Crippen molar-refractivity contribution >= 4 is 11.6 Å². The number of pyridine rings is 1. The fourth-order valence-corrected chi connectivity index (χ4v) is 3.32. The molecule has 5 nitrogen and oxygen atoms in total. The van der Waals surface area contributed by atoms with Crippen LogP contribution >= 0.6 is 0 Å². The molecule has 2 heterocycles. The molecule has 0 aliphatic carbocycles. The second kappa shape index (κ2) is 8.10. The van der Waals surface area contributed by atoms with Crippen molar-refractivity contribution in [2.75, 3.05) is 5.32 Å². The molecule has 0 unspecified atom stereocenters. The van der Waals surface area contributed by atoms with Gasteiger partial charge in [-0.3, -0.25) is 9.78 Å². The summed E-state index contributed by atoms with van der Waals surface area (Å²) in [6, 6.07) is 19.9. The molecule has 4 aromatic rings. The van der Waals surface area contributed by atoms with Crippen LogP contribution < -0.4 is 5.32 Å². The molecular weight excluding hydrogens is 360 g/mol. The number of nitrogens with one attached hydrogen (secondary N) is 1. The summed E-state index contributed by atoms with van der Waals surface area (Å²) in [5, 5.41) is 7.39. The summed E-state index contributed by atoms with van der Waals surface area (Å²) < 4.78 is 1.81. The SMILES string of the molecule is Cc1ccccc1-n1ncc(C(=O)Nc2ccc(Cc3ccncc3)cc2)c1C. The Bertz CT molecular complexity index is 1130. The Kier molecular flexibility index (Phi) is 5.20. The van der Waals surface area contributed by atoms with Gasteiger partial charge in [0.25, 0.3) is 5.91 Å². The average molecular weight is 382 g/mol. The fraction of sp³-hybridized carbons (Fsp3) is 0.125. The standard InChI is InChI=1S/C24H22N4O/c1-17-5-3-4-6-23(17)28-18(2)22(16-26-28)24(29)27-21-9-7-19(8-10-21)15-20-11-13-25-14-12-20/h3-14,16H,15H2,1-2H3,(H,27,29). The van der Waals surface area contributed by atoms with Crippen molar-refractivity contribution in [2.24, 2.45) is 0 Å². The molecular formula is C24H22N4O. The number of nitrogens with zero attached hydrogens (tertiary/aromatic N) is 3. The molecule has 1 amide bonds. The number of carbonyl (C=O) groups excluding carboxylic acids is 1. The van der Waals surface area contributed by atoms with Gasteiger partial charge >= 0.3 is 0 Å². The summed E-state index contributed by atoms with van der Waals surface area (Å²) >= 11 is 0. The first-order chi connectivity index (χ1) is 14.1. The van der Waals surface area contributed by atoms with Crippen molar-refractivity contribution in [3.8, 4) is 5.69 Å². The molecule has 0 radical (unpaired) electrons. The van der Waals surface area contributed by atoms with Crippen LogP contribution in [0.25, 0.3) is 5.69 Å². The molecule has 0 spiro atoms. The summed E-state index contributed by atoms with van der Waals surface area (Å²) in [6.45, 7) is 3.94. The van der Waals surface area contributed by atoms with E-state index in [4.69, 9.17) is 0 Å². The third-order valence-electron chi connectivity index (χ3n) is 4.97. The number of anilines is 1.